The van der Waals surface area contributed by atoms with Gasteiger partial charge in [-0.1, -0.05) is 29.5 Å². The van der Waals surface area contributed by atoms with Gasteiger partial charge in [0.2, 0.25) is 5.91 Å². The predicted molar refractivity (Wildman–Crippen MR) is 109 cm³/mol. The van der Waals surface area contributed by atoms with Crippen molar-refractivity contribution in [2.75, 3.05) is 19.3 Å². The number of nitrogens with zero attached hydrogens (tertiary/aromatic N) is 2. The van der Waals surface area contributed by atoms with Crippen molar-refractivity contribution in [3.63, 3.8) is 0 Å². The number of thioether (sulfide) groups is 1. The van der Waals surface area contributed by atoms with Crippen molar-refractivity contribution in [1.82, 2.24) is 9.55 Å². The first-order chi connectivity index (χ1) is 12.9. The minimum atomic E-state index is -0.430. The largest absolute Gasteiger partial charge is 0.369 e. The summed E-state index contributed by atoms with van der Waals surface area (Å²) in [6.07, 6.45) is 0.889. The smallest absolute Gasteiger partial charge is 0.267 e. The number of aryl methyl sites for hydroxylation is 1. The Labute approximate surface area is 165 Å². The molecule has 1 unspecified atom stereocenters. The van der Waals surface area contributed by atoms with E-state index in [9.17, 15) is 9.59 Å². The minimum absolute atomic E-state index is 0.0622. The second kappa shape index (κ2) is 7.10. The minimum Gasteiger partial charge on any atom is -0.369 e. The fourth-order valence-electron chi connectivity index (χ4n) is 3.39. The fraction of sp³-hybridized carbons (Fsp3) is 0.316. The van der Waals surface area contributed by atoms with Crippen LogP contribution in [-0.4, -0.2) is 34.8 Å². The van der Waals surface area contributed by atoms with E-state index in [1.165, 1.54) is 21.5 Å². The lowest BCUT2D eigenvalue weighted by molar-refractivity contribution is -0.895. The number of thiophene rings is 1. The van der Waals surface area contributed by atoms with E-state index >= 15 is 0 Å². The number of benzene rings is 1. The number of nitrogens with one attached hydrogen (secondary N) is 1. The number of primary amides is 1. The molecule has 4 rings (SSSR count). The van der Waals surface area contributed by atoms with Gasteiger partial charge in [-0.15, -0.1) is 11.3 Å². The average molecular weight is 402 g/mol. The van der Waals surface area contributed by atoms with Crippen LogP contribution in [0.2, 0.25) is 0 Å². The molecule has 27 heavy (non-hydrogen) atoms. The van der Waals surface area contributed by atoms with E-state index < -0.39 is 5.91 Å². The van der Waals surface area contributed by atoms with Crippen molar-refractivity contribution in [3.05, 3.63) is 50.6 Å². The first kappa shape index (κ1) is 18.2. The standard InChI is InChI=1S/C19H20N4O2S2/c1-11-3-5-12(6-4-11)23-18(25)16-13-7-8-22(2)9-14(13)27-17(16)21-19(23)26-10-15(20)24/h3-6H,7-10H2,1-2H3,(H2,20,24)/p+1. The number of nitrogens with two attached hydrogens (primary N) is 1. The van der Waals surface area contributed by atoms with Crippen LogP contribution in [0.4, 0.5) is 0 Å². The Morgan fingerprint density at radius 3 is 2.81 bits per heavy atom. The van der Waals surface area contributed by atoms with E-state index in [1.807, 2.05) is 31.2 Å². The van der Waals surface area contributed by atoms with Gasteiger partial charge in [0.25, 0.3) is 5.56 Å². The molecule has 1 amide bonds. The summed E-state index contributed by atoms with van der Waals surface area (Å²) in [5, 5.41) is 1.24. The molecule has 0 saturated heterocycles. The monoisotopic (exact) mass is 401 g/mol. The van der Waals surface area contributed by atoms with E-state index in [0.717, 1.165) is 46.5 Å². The molecule has 1 aliphatic heterocycles. The van der Waals surface area contributed by atoms with Crippen molar-refractivity contribution in [2.45, 2.75) is 25.0 Å². The molecule has 140 valence electrons. The summed E-state index contributed by atoms with van der Waals surface area (Å²) >= 11 is 2.81. The number of likely N-dealkylation sites (N-methyl/N-ethyl adjacent to an activating group) is 1. The Bertz CT molecular complexity index is 1090. The lowest BCUT2D eigenvalue weighted by atomic mass is 10.1. The van der Waals surface area contributed by atoms with Crippen molar-refractivity contribution in [3.8, 4) is 5.69 Å². The molecule has 6 nitrogen and oxygen atoms in total. The van der Waals surface area contributed by atoms with Crippen molar-refractivity contribution in [1.29, 1.82) is 0 Å². The van der Waals surface area contributed by atoms with Gasteiger partial charge in [0.05, 0.1) is 35.3 Å². The summed E-state index contributed by atoms with van der Waals surface area (Å²) in [5.41, 5.74) is 8.27. The number of hydrogen-bond donors (Lipinski definition) is 2. The fourth-order valence-corrected chi connectivity index (χ4v) is 5.52. The van der Waals surface area contributed by atoms with Crippen molar-refractivity contribution in [2.24, 2.45) is 5.73 Å². The highest BCUT2D eigenvalue weighted by Gasteiger charge is 2.26. The van der Waals surface area contributed by atoms with Gasteiger partial charge in [-0.3, -0.25) is 14.2 Å². The molecule has 1 aromatic carbocycles. The molecule has 0 bridgehead atoms. The lowest BCUT2D eigenvalue weighted by Crippen LogP contribution is -3.08. The molecule has 2 aromatic heterocycles. The summed E-state index contributed by atoms with van der Waals surface area (Å²) in [4.78, 5) is 33.0. The topological polar surface area (TPSA) is 82.4 Å². The number of quaternary nitrogens is 1. The highest BCUT2D eigenvalue weighted by atomic mass is 32.2. The number of aromatic nitrogens is 2. The Balaban J connectivity index is 1.96. The third kappa shape index (κ3) is 3.40. The molecule has 0 fully saturated rings. The molecule has 1 aliphatic rings. The molecule has 8 heteroatoms. The third-order valence-corrected chi connectivity index (χ3v) is 6.86. The van der Waals surface area contributed by atoms with Crippen LogP contribution in [0.15, 0.2) is 34.2 Å². The maximum atomic E-state index is 13.5. The van der Waals surface area contributed by atoms with E-state index in [1.54, 1.807) is 15.9 Å². The SMILES string of the molecule is Cc1ccc(-n2c(SCC(N)=O)nc3sc4c(c3c2=O)CC[NH+](C)C4)cc1. The zero-order valence-corrected chi connectivity index (χ0v) is 16.9. The highest BCUT2D eigenvalue weighted by molar-refractivity contribution is 7.99. The van der Waals surface area contributed by atoms with Crippen LogP contribution in [-0.2, 0) is 17.8 Å². The van der Waals surface area contributed by atoms with Crippen LogP contribution in [0.3, 0.4) is 0 Å². The van der Waals surface area contributed by atoms with E-state index in [-0.39, 0.29) is 11.3 Å². The first-order valence-corrected chi connectivity index (χ1v) is 10.6. The normalized spacial score (nSPS) is 16.4. The second-order valence-electron chi connectivity index (χ2n) is 6.94. The molecule has 3 heterocycles. The van der Waals surface area contributed by atoms with E-state index in [4.69, 9.17) is 10.7 Å². The molecule has 0 spiro atoms. The Morgan fingerprint density at radius 1 is 1.37 bits per heavy atom. The Morgan fingerprint density at radius 2 is 2.11 bits per heavy atom. The molecule has 1 atom stereocenters. The van der Waals surface area contributed by atoms with Gasteiger partial charge in [-0.25, -0.2) is 4.98 Å². The molecule has 3 aromatic rings. The third-order valence-electron chi connectivity index (χ3n) is 4.78. The molecular formula is C19H21N4O2S2+. The Hall–Kier alpha value is -2.16. The highest BCUT2D eigenvalue weighted by Crippen LogP contribution is 2.31. The first-order valence-electron chi connectivity index (χ1n) is 8.81. The summed E-state index contributed by atoms with van der Waals surface area (Å²) in [7, 11) is 2.17. The predicted octanol–water partition coefficient (Wildman–Crippen LogP) is 0.904. The van der Waals surface area contributed by atoms with Crippen LogP contribution < -0.4 is 16.2 Å². The number of hydrogen-bond acceptors (Lipinski definition) is 5. The Kier molecular flexibility index (Phi) is 4.79. The average Bonchev–Trinajstić information content (AvgIpc) is 2.98. The van der Waals surface area contributed by atoms with Crippen molar-refractivity contribution < 1.29 is 9.69 Å². The van der Waals surface area contributed by atoms with Gasteiger partial charge < -0.3 is 10.6 Å². The summed E-state index contributed by atoms with van der Waals surface area (Å²) in [6, 6.07) is 7.76. The van der Waals surface area contributed by atoms with Crippen LogP contribution in [0.25, 0.3) is 15.9 Å². The maximum absolute atomic E-state index is 13.5. The maximum Gasteiger partial charge on any atom is 0.267 e. The molecule has 0 aliphatic carbocycles. The summed E-state index contributed by atoms with van der Waals surface area (Å²) in [5.74, 6) is -0.345. The number of carbonyl (C=O) groups excluding carboxylic acids is 1. The number of rotatable bonds is 4. The van der Waals surface area contributed by atoms with Crippen LogP contribution in [0.5, 0.6) is 0 Å². The summed E-state index contributed by atoms with van der Waals surface area (Å²) in [6.45, 7) is 3.94. The van der Waals surface area contributed by atoms with Gasteiger partial charge in [0.1, 0.15) is 11.4 Å². The van der Waals surface area contributed by atoms with Crippen molar-refractivity contribution >= 4 is 39.2 Å². The second-order valence-corrected chi connectivity index (χ2v) is 8.97. The van der Waals surface area contributed by atoms with Crippen LogP contribution in [0.1, 0.15) is 16.0 Å². The summed E-state index contributed by atoms with van der Waals surface area (Å²) < 4.78 is 1.62. The zero-order chi connectivity index (χ0) is 19.1. The van der Waals surface area contributed by atoms with Crippen LogP contribution in [0, 0.1) is 6.92 Å². The van der Waals surface area contributed by atoms with Gasteiger partial charge in [-0.2, -0.15) is 0 Å². The molecule has 3 N–H and O–H groups in total. The zero-order valence-electron chi connectivity index (χ0n) is 15.2. The van der Waals surface area contributed by atoms with Gasteiger partial charge in [-0.05, 0) is 24.6 Å². The van der Waals surface area contributed by atoms with E-state index in [2.05, 4.69) is 7.05 Å². The number of fused-ring (bicyclic) bond motifs is 3. The molecular weight excluding hydrogens is 380 g/mol. The molecule has 0 saturated carbocycles. The quantitative estimate of drug-likeness (QED) is 0.503. The van der Waals surface area contributed by atoms with Gasteiger partial charge >= 0.3 is 0 Å². The molecule has 0 radical (unpaired) electrons. The number of amides is 1. The van der Waals surface area contributed by atoms with E-state index in [0.29, 0.717) is 5.16 Å². The van der Waals surface area contributed by atoms with Gasteiger partial charge in [0.15, 0.2) is 5.16 Å². The number of carbonyl (C=O) groups is 1. The lowest BCUT2D eigenvalue weighted by Gasteiger charge is -2.19. The van der Waals surface area contributed by atoms with Crippen LogP contribution >= 0.6 is 23.1 Å². The van der Waals surface area contributed by atoms with Gasteiger partial charge in [0, 0.05) is 6.42 Å².